The summed E-state index contributed by atoms with van der Waals surface area (Å²) < 4.78 is 0. The van der Waals surface area contributed by atoms with E-state index in [2.05, 4.69) is 188 Å². The molecule has 0 saturated heterocycles. The number of hydrogen-bond donors (Lipinski definition) is 0. The van der Waals surface area contributed by atoms with Crippen LogP contribution in [0.1, 0.15) is 22.3 Å². The predicted molar refractivity (Wildman–Crippen MR) is 267 cm³/mol. The van der Waals surface area contributed by atoms with Crippen molar-refractivity contribution in [1.82, 2.24) is 15.0 Å². The molecule has 12 rings (SSSR count). The number of benzene rings is 10. The first-order valence-electron chi connectivity index (χ1n) is 22.2. The Morgan fingerprint density at radius 1 is 0.246 bits per heavy atom. The number of nitrogens with zero attached hydrogens (tertiary/aromatic N) is 3. The van der Waals surface area contributed by atoms with Gasteiger partial charge in [0.1, 0.15) is 0 Å². The van der Waals surface area contributed by atoms with Gasteiger partial charge >= 0.3 is 0 Å². The lowest BCUT2D eigenvalue weighted by Crippen LogP contribution is -2.28. The highest BCUT2D eigenvalue weighted by Gasteiger charge is 2.46. The van der Waals surface area contributed by atoms with Crippen LogP contribution < -0.4 is 0 Å². The minimum Gasteiger partial charge on any atom is -0.208 e. The van der Waals surface area contributed by atoms with Crippen molar-refractivity contribution in [2.75, 3.05) is 0 Å². The van der Waals surface area contributed by atoms with Crippen molar-refractivity contribution >= 4 is 10.8 Å². The van der Waals surface area contributed by atoms with Crippen molar-refractivity contribution in [2.45, 2.75) is 5.41 Å². The van der Waals surface area contributed by atoms with Crippen LogP contribution >= 0.6 is 0 Å². The first kappa shape index (κ1) is 38.2. The molecule has 3 heteroatoms. The molecular formula is C62H41N3. The van der Waals surface area contributed by atoms with E-state index in [1.807, 2.05) is 60.7 Å². The SMILES string of the molecule is c1ccc(-c2nc(-c3ccccc3)nc(-c3ccc(-c4ccc(-c5cc6c(cc5-c5cccc7ccccc57)-c5ccccc5C6(c5ccccc5)c5ccccc5)cc4)cc3)n2)cc1. The zero-order valence-electron chi connectivity index (χ0n) is 35.5. The van der Waals surface area contributed by atoms with Gasteiger partial charge in [-0.25, -0.2) is 15.0 Å². The Hall–Kier alpha value is -8.53. The highest BCUT2D eigenvalue weighted by Crippen LogP contribution is 2.58. The molecule has 0 spiro atoms. The average molecular weight is 828 g/mol. The second-order valence-electron chi connectivity index (χ2n) is 16.7. The molecule has 1 aliphatic rings. The van der Waals surface area contributed by atoms with E-state index in [-0.39, 0.29) is 0 Å². The lowest BCUT2D eigenvalue weighted by atomic mass is 9.67. The fourth-order valence-corrected chi connectivity index (χ4v) is 10.0. The Bertz CT molecular complexity index is 3390. The normalized spacial score (nSPS) is 12.4. The van der Waals surface area contributed by atoms with Gasteiger partial charge in [0.05, 0.1) is 5.41 Å². The largest absolute Gasteiger partial charge is 0.208 e. The summed E-state index contributed by atoms with van der Waals surface area (Å²) >= 11 is 0. The molecule has 0 aliphatic heterocycles. The van der Waals surface area contributed by atoms with Crippen LogP contribution in [0.3, 0.4) is 0 Å². The van der Waals surface area contributed by atoms with Crippen molar-refractivity contribution in [1.29, 1.82) is 0 Å². The Morgan fingerprint density at radius 2 is 0.677 bits per heavy atom. The summed E-state index contributed by atoms with van der Waals surface area (Å²) in [5, 5.41) is 2.46. The standard InChI is InChI=1S/C62H41N3/c1-5-19-46(20-6-1)59-63-60(47-21-7-2-8-22-47)65-61(64-59)48-38-34-43(35-39-48)42-32-36-45(37-33-42)54-41-58-56(40-55(54)52-30-17-23-44-18-13-14-28-51(44)52)53-29-15-16-31-57(53)62(58,49-24-9-3-10-25-49)50-26-11-4-12-27-50/h1-41H. The van der Waals surface area contributed by atoms with Crippen molar-refractivity contribution in [3.63, 3.8) is 0 Å². The molecule has 0 atom stereocenters. The van der Waals surface area contributed by atoms with E-state index >= 15 is 0 Å². The third-order valence-corrected chi connectivity index (χ3v) is 13.0. The molecule has 11 aromatic rings. The first-order valence-corrected chi connectivity index (χ1v) is 22.2. The summed E-state index contributed by atoms with van der Waals surface area (Å²) in [5.41, 5.74) is 17.0. The second-order valence-corrected chi connectivity index (χ2v) is 16.7. The van der Waals surface area contributed by atoms with E-state index in [4.69, 9.17) is 15.0 Å². The monoisotopic (exact) mass is 827 g/mol. The molecule has 0 bridgehead atoms. The van der Waals surface area contributed by atoms with E-state index in [9.17, 15) is 0 Å². The van der Waals surface area contributed by atoms with Gasteiger partial charge in [0, 0.05) is 16.7 Å². The molecular weight excluding hydrogens is 787 g/mol. The fraction of sp³-hybridized carbons (Fsp3) is 0.0161. The lowest BCUT2D eigenvalue weighted by Gasteiger charge is -2.34. The molecule has 1 heterocycles. The van der Waals surface area contributed by atoms with Gasteiger partial charge in [0.2, 0.25) is 0 Å². The molecule has 1 aliphatic carbocycles. The van der Waals surface area contributed by atoms with Gasteiger partial charge < -0.3 is 0 Å². The molecule has 1 aromatic heterocycles. The smallest absolute Gasteiger partial charge is 0.164 e. The van der Waals surface area contributed by atoms with Crippen LogP contribution in [0.25, 0.3) is 89.4 Å². The Labute approximate surface area is 379 Å². The minimum absolute atomic E-state index is 0.510. The predicted octanol–water partition coefficient (Wildman–Crippen LogP) is 15.4. The average Bonchev–Trinajstić information content (AvgIpc) is 3.69. The van der Waals surface area contributed by atoms with Crippen LogP contribution in [-0.2, 0) is 5.41 Å². The molecule has 0 unspecified atom stereocenters. The number of hydrogen-bond acceptors (Lipinski definition) is 3. The topological polar surface area (TPSA) is 38.7 Å². The van der Waals surface area contributed by atoms with Gasteiger partial charge in [-0.1, -0.05) is 237 Å². The molecule has 3 nitrogen and oxygen atoms in total. The van der Waals surface area contributed by atoms with Crippen LogP contribution in [0.4, 0.5) is 0 Å². The van der Waals surface area contributed by atoms with Gasteiger partial charge in [-0.15, -0.1) is 0 Å². The summed E-state index contributed by atoms with van der Waals surface area (Å²) in [7, 11) is 0. The van der Waals surface area contributed by atoms with Gasteiger partial charge in [0.25, 0.3) is 0 Å². The highest BCUT2D eigenvalue weighted by atomic mass is 15.0. The van der Waals surface area contributed by atoms with Crippen LogP contribution in [0.5, 0.6) is 0 Å². The van der Waals surface area contributed by atoms with Crippen molar-refractivity contribution in [3.8, 4) is 78.7 Å². The zero-order chi connectivity index (χ0) is 43.2. The summed E-state index contributed by atoms with van der Waals surface area (Å²) in [6, 6.07) is 89.4. The summed E-state index contributed by atoms with van der Waals surface area (Å²) in [6.07, 6.45) is 0. The maximum Gasteiger partial charge on any atom is 0.164 e. The molecule has 0 saturated carbocycles. The molecule has 65 heavy (non-hydrogen) atoms. The van der Waals surface area contributed by atoms with Gasteiger partial charge in [-0.05, 0) is 89.7 Å². The van der Waals surface area contributed by atoms with Gasteiger partial charge in [0.15, 0.2) is 17.5 Å². The van der Waals surface area contributed by atoms with E-state index in [0.717, 1.165) is 33.4 Å². The van der Waals surface area contributed by atoms with E-state index in [1.165, 1.54) is 60.8 Å². The molecule has 0 N–H and O–H groups in total. The van der Waals surface area contributed by atoms with Crippen LogP contribution in [0.15, 0.2) is 249 Å². The molecule has 10 aromatic carbocycles. The highest BCUT2D eigenvalue weighted by molar-refractivity contribution is 6.03. The van der Waals surface area contributed by atoms with Crippen molar-refractivity contribution in [3.05, 3.63) is 271 Å². The van der Waals surface area contributed by atoms with Crippen molar-refractivity contribution in [2.24, 2.45) is 0 Å². The summed E-state index contributed by atoms with van der Waals surface area (Å²) in [6.45, 7) is 0. The Kier molecular flexibility index (Phi) is 9.39. The molecule has 0 radical (unpaired) electrons. The second kappa shape index (κ2) is 16.0. The third-order valence-electron chi connectivity index (χ3n) is 13.0. The summed E-state index contributed by atoms with van der Waals surface area (Å²) in [4.78, 5) is 14.8. The first-order chi connectivity index (χ1) is 32.2. The van der Waals surface area contributed by atoms with E-state index in [0.29, 0.717) is 17.5 Å². The van der Waals surface area contributed by atoms with Gasteiger partial charge in [-0.2, -0.15) is 0 Å². The fourth-order valence-electron chi connectivity index (χ4n) is 10.0. The maximum atomic E-state index is 4.96. The zero-order valence-corrected chi connectivity index (χ0v) is 35.5. The maximum absolute atomic E-state index is 4.96. The van der Waals surface area contributed by atoms with E-state index in [1.54, 1.807) is 0 Å². The van der Waals surface area contributed by atoms with Crippen LogP contribution in [-0.4, -0.2) is 15.0 Å². The number of aromatic nitrogens is 3. The van der Waals surface area contributed by atoms with E-state index < -0.39 is 5.41 Å². The molecule has 0 fully saturated rings. The number of fused-ring (bicyclic) bond motifs is 4. The molecule has 0 amide bonds. The number of rotatable bonds is 8. The minimum atomic E-state index is -0.510. The van der Waals surface area contributed by atoms with Crippen molar-refractivity contribution < 1.29 is 0 Å². The Balaban J connectivity index is 0.993. The summed E-state index contributed by atoms with van der Waals surface area (Å²) in [5.74, 6) is 1.94. The quantitative estimate of drug-likeness (QED) is 0.153. The van der Waals surface area contributed by atoms with Gasteiger partial charge in [-0.3, -0.25) is 0 Å². The third kappa shape index (κ3) is 6.56. The molecule has 304 valence electrons. The van der Waals surface area contributed by atoms with Crippen LogP contribution in [0, 0.1) is 0 Å². The Morgan fingerprint density at radius 3 is 1.26 bits per heavy atom. The van der Waals surface area contributed by atoms with Crippen LogP contribution in [0.2, 0.25) is 0 Å². The lowest BCUT2D eigenvalue weighted by molar-refractivity contribution is 0.769.